The number of hydrogen-bond donors (Lipinski definition) is 1. The summed E-state index contributed by atoms with van der Waals surface area (Å²) in [5.74, 6) is 0.159. The van der Waals surface area contributed by atoms with Crippen molar-refractivity contribution in [2.24, 2.45) is 0 Å². The van der Waals surface area contributed by atoms with Gasteiger partial charge in [0.15, 0.2) is 0 Å². The van der Waals surface area contributed by atoms with Gasteiger partial charge in [-0.1, -0.05) is 30.2 Å². The third kappa shape index (κ3) is 4.47. The second-order valence-electron chi connectivity index (χ2n) is 8.31. The molecule has 8 heteroatoms. The molecule has 32 heavy (non-hydrogen) atoms. The van der Waals surface area contributed by atoms with Crippen molar-refractivity contribution in [1.82, 2.24) is 14.1 Å². The first-order chi connectivity index (χ1) is 15.3. The highest BCUT2D eigenvalue weighted by Crippen LogP contribution is 2.24. The van der Waals surface area contributed by atoms with Crippen LogP contribution in [0.15, 0.2) is 53.4 Å². The predicted molar refractivity (Wildman–Crippen MR) is 125 cm³/mol. The summed E-state index contributed by atoms with van der Waals surface area (Å²) in [4.78, 5) is 13.3. The van der Waals surface area contributed by atoms with Gasteiger partial charge in [-0.25, -0.2) is 13.1 Å². The number of nitrogens with one attached hydrogen (secondary N) is 1. The van der Waals surface area contributed by atoms with Crippen molar-refractivity contribution in [3.8, 4) is 5.69 Å². The van der Waals surface area contributed by atoms with Crippen molar-refractivity contribution >= 4 is 21.7 Å². The van der Waals surface area contributed by atoms with Crippen LogP contribution in [0.4, 0.5) is 5.82 Å². The van der Waals surface area contributed by atoms with Gasteiger partial charge in [0.2, 0.25) is 10.0 Å². The van der Waals surface area contributed by atoms with Crippen LogP contribution in [0.3, 0.4) is 0 Å². The number of benzene rings is 2. The molecular weight excluding hydrogens is 424 g/mol. The number of anilines is 1. The molecule has 168 valence electrons. The number of piperidine rings is 1. The molecule has 1 aromatic heterocycles. The summed E-state index contributed by atoms with van der Waals surface area (Å²) in [6.07, 6.45) is 2.77. The number of nitrogens with zero attached hydrogens (tertiary/aromatic N) is 3. The SMILES string of the molecule is Cc1ccc(-n2nc(C)cc2NC(=O)c2cc(S(=O)(=O)N3CCCCC3)ccc2C)cc1. The fraction of sp³-hybridized carbons (Fsp3) is 0.333. The van der Waals surface area contributed by atoms with Gasteiger partial charge in [0, 0.05) is 24.7 Å². The summed E-state index contributed by atoms with van der Waals surface area (Å²) < 4.78 is 29.4. The van der Waals surface area contributed by atoms with E-state index in [0.717, 1.165) is 36.2 Å². The molecule has 0 spiro atoms. The molecule has 0 saturated carbocycles. The minimum absolute atomic E-state index is 0.151. The van der Waals surface area contributed by atoms with Crippen molar-refractivity contribution < 1.29 is 13.2 Å². The summed E-state index contributed by atoms with van der Waals surface area (Å²) in [6.45, 7) is 6.71. The van der Waals surface area contributed by atoms with Crippen LogP contribution in [0, 0.1) is 20.8 Å². The summed E-state index contributed by atoms with van der Waals surface area (Å²) in [5.41, 5.74) is 3.76. The maximum atomic E-state index is 13.2. The first kappa shape index (κ1) is 22.2. The average molecular weight is 453 g/mol. The van der Waals surface area contributed by atoms with Crippen LogP contribution in [-0.2, 0) is 10.0 Å². The summed E-state index contributed by atoms with van der Waals surface area (Å²) in [7, 11) is -3.62. The minimum Gasteiger partial charge on any atom is -0.306 e. The van der Waals surface area contributed by atoms with Crippen molar-refractivity contribution in [3.63, 3.8) is 0 Å². The third-order valence-electron chi connectivity index (χ3n) is 5.76. The monoisotopic (exact) mass is 452 g/mol. The molecule has 0 radical (unpaired) electrons. The molecule has 1 N–H and O–H groups in total. The highest BCUT2D eigenvalue weighted by atomic mass is 32.2. The van der Waals surface area contributed by atoms with Gasteiger partial charge in [-0.15, -0.1) is 0 Å². The predicted octanol–water partition coefficient (Wildman–Crippen LogP) is 4.22. The number of sulfonamides is 1. The molecular formula is C24H28N4O3S. The van der Waals surface area contributed by atoms with Crippen molar-refractivity contribution in [3.05, 3.63) is 70.9 Å². The van der Waals surface area contributed by atoms with E-state index >= 15 is 0 Å². The Balaban J connectivity index is 1.64. The molecule has 0 aliphatic carbocycles. The van der Waals surface area contributed by atoms with E-state index in [2.05, 4.69) is 10.4 Å². The van der Waals surface area contributed by atoms with Gasteiger partial charge in [0.1, 0.15) is 5.82 Å². The minimum atomic E-state index is -3.62. The molecule has 0 unspecified atom stereocenters. The van der Waals surface area contributed by atoms with Crippen molar-refractivity contribution in [1.29, 1.82) is 0 Å². The molecule has 2 aromatic carbocycles. The molecule has 1 amide bonds. The third-order valence-corrected chi connectivity index (χ3v) is 7.65. The van der Waals surface area contributed by atoms with Crippen LogP contribution in [0.2, 0.25) is 0 Å². The molecule has 1 saturated heterocycles. The molecule has 4 rings (SSSR count). The maximum Gasteiger partial charge on any atom is 0.257 e. The molecule has 2 heterocycles. The van der Waals surface area contributed by atoms with Crippen LogP contribution in [0.25, 0.3) is 5.69 Å². The van der Waals surface area contributed by atoms with Crippen molar-refractivity contribution in [2.45, 2.75) is 44.9 Å². The number of amides is 1. The second-order valence-corrected chi connectivity index (χ2v) is 10.3. The molecule has 1 aliphatic rings. The van der Waals surface area contributed by atoms with Crippen LogP contribution in [0.1, 0.15) is 46.4 Å². The Bertz CT molecular complexity index is 1240. The highest BCUT2D eigenvalue weighted by Gasteiger charge is 2.27. The van der Waals surface area contributed by atoms with E-state index in [1.54, 1.807) is 29.8 Å². The van der Waals surface area contributed by atoms with E-state index in [4.69, 9.17) is 0 Å². The topological polar surface area (TPSA) is 84.3 Å². The van der Waals surface area contributed by atoms with Gasteiger partial charge in [-0.3, -0.25) is 4.79 Å². The summed E-state index contributed by atoms with van der Waals surface area (Å²) in [5, 5.41) is 7.41. The summed E-state index contributed by atoms with van der Waals surface area (Å²) in [6, 6.07) is 14.4. The smallest absolute Gasteiger partial charge is 0.257 e. The Labute approximate surface area is 189 Å². The fourth-order valence-corrected chi connectivity index (χ4v) is 5.46. The van der Waals surface area contributed by atoms with Crippen LogP contribution in [-0.4, -0.2) is 41.5 Å². The van der Waals surface area contributed by atoms with E-state index in [1.807, 2.05) is 38.1 Å². The Morgan fingerprint density at radius 2 is 1.62 bits per heavy atom. The standard InChI is InChI=1S/C24H28N4O3S/c1-17-7-10-20(11-8-17)28-23(15-19(3)26-28)25-24(29)22-16-21(12-9-18(22)2)32(30,31)27-13-5-4-6-14-27/h7-12,15-16H,4-6,13-14H2,1-3H3,(H,25,29). The van der Waals surface area contributed by atoms with Crippen LogP contribution in [0.5, 0.6) is 0 Å². The zero-order chi connectivity index (χ0) is 22.9. The second kappa shape index (κ2) is 8.88. The quantitative estimate of drug-likeness (QED) is 0.628. The number of aryl methyl sites for hydroxylation is 3. The number of aromatic nitrogens is 2. The Morgan fingerprint density at radius 3 is 2.31 bits per heavy atom. The molecule has 3 aromatic rings. The van der Waals surface area contributed by atoms with Gasteiger partial charge >= 0.3 is 0 Å². The summed E-state index contributed by atoms with van der Waals surface area (Å²) >= 11 is 0. The van der Waals surface area contributed by atoms with Crippen molar-refractivity contribution in [2.75, 3.05) is 18.4 Å². The first-order valence-corrected chi connectivity index (χ1v) is 12.3. The average Bonchev–Trinajstić information content (AvgIpc) is 3.14. The number of rotatable bonds is 5. The van der Waals surface area contributed by atoms with E-state index in [9.17, 15) is 13.2 Å². The molecule has 0 atom stereocenters. The lowest BCUT2D eigenvalue weighted by Gasteiger charge is -2.26. The van der Waals surface area contributed by atoms with E-state index in [0.29, 0.717) is 30.0 Å². The Morgan fingerprint density at radius 1 is 0.938 bits per heavy atom. The van der Waals surface area contributed by atoms with E-state index < -0.39 is 10.0 Å². The Kier molecular flexibility index (Phi) is 6.17. The largest absolute Gasteiger partial charge is 0.306 e. The van der Waals surface area contributed by atoms with Gasteiger partial charge in [0.05, 0.1) is 16.3 Å². The first-order valence-electron chi connectivity index (χ1n) is 10.8. The zero-order valence-corrected chi connectivity index (χ0v) is 19.4. The normalized spacial score (nSPS) is 15.0. The fourth-order valence-electron chi connectivity index (χ4n) is 3.92. The van der Waals surface area contributed by atoms with Gasteiger partial charge in [-0.2, -0.15) is 9.40 Å². The highest BCUT2D eigenvalue weighted by molar-refractivity contribution is 7.89. The zero-order valence-electron chi connectivity index (χ0n) is 18.6. The number of hydrogen-bond acceptors (Lipinski definition) is 4. The van der Waals surface area contributed by atoms with Crippen LogP contribution < -0.4 is 5.32 Å². The van der Waals surface area contributed by atoms with E-state index in [-0.39, 0.29) is 10.8 Å². The van der Waals surface area contributed by atoms with E-state index in [1.165, 1.54) is 10.4 Å². The molecule has 1 aliphatic heterocycles. The number of carbonyl (C=O) groups excluding carboxylic acids is 1. The maximum absolute atomic E-state index is 13.2. The van der Waals surface area contributed by atoms with Crippen LogP contribution >= 0.6 is 0 Å². The Hall–Kier alpha value is -2.97. The van der Waals surface area contributed by atoms with Gasteiger partial charge in [0.25, 0.3) is 5.91 Å². The lowest BCUT2D eigenvalue weighted by atomic mass is 10.1. The number of carbonyl (C=O) groups is 1. The molecule has 1 fully saturated rings. The van der Waals surface area contributed by atoms with Gasteiger partial charge < -0.3 is 5.32 Å². The molecule has 7 nitrogen and oxygen atoms in total. The molecule has 0 bridgehead atoms. The lowest BCUT2D eigenvalue weighted by molar-refractivity contribution is 0.102. The lowest BCUT2D eigenvalue weighted by Crippen LogP contribution is -2.35. The van der Waals surface area contributed by atoms with Gasteiger partial charge in [-0.05, 0) is 63.4 Å².